The lowest BCUT2D eigenvalue weighted by Crippen LogP contribution is -2.24. The molecule has 0 unspecified atom stereocenters. The molecule has 1 fully saturated rings. The Morgan fingerprint density at radius 2 is 2.06 bits per heavy atom. The van der Waals surface area contributed by atoms with E-state index in [0.29, 0.717) is 11.6 Å². The second kappa shape index (κ2) is 6.04. The van der Waals surface area contributed by atoms with Crippen molar-refractivity contribution >= 4 is 11.6 Å². The highest BCUT2D eigenvalue weighted by Crippen LogP contribution is 2.25. The number of nitrogens with zero attached hydrogens (tertiary/aromatic N) is 2. The van der Waals surface area contributed by atoms with Crippen molar-refractivity contribution in [3.05, 3.63) is 16.4 Å². The van der Waals surface area contributed by atoms with Gasteiger partial charge in [-0.05, 0) is 39.5 Å². The lowest BCUT2D eigenvalue weighted by molar-refractivity contribution is -0.0141. The molecule has 4 nitrogen and oxygen atoms in total. The maximum absolute atomic E-state index is 9.45. The average Bonchev–Trinajstić information content (AvgIpc) is 2.65. The Hall–Kier alpha value is -0.580. The molecule has 0 atom stereocenters. The Bertz CT molecular complexity index is 398. The van der Waals surface area contributed by atoms with Crippen LogP contribution in [-0.2, 0) is 17.9 Å². The number of rotatable bonds is 4. The van der Waals surface area contributed by atoms with Crippen molar-refractivity contribution in [2.24, 2.45) is 0 Å². The van der Waals surface area contributed by atoms with Gasteiger partial charge in [0.15, 0.2) is 0 Å². The van der Waals surface area contributed by atoms with Crippen LogP contribution in [0.3, 0.4) is 0 Å². The van der Waals surface area contributed by atoms with Gasteiger partial charge in [-0.3, -0.25) is 4.68 Å². The molecule has 18 heavy (non-hydrogen) atoms. The predicted molar refractivity (Wildman–Crippen MR) is 70.7 cm³/mol. The first kappa shape index (κ1) is 13.8. The summed E-state index contributed by atoms with van der Waals surface area (Å²) in [6.45, 7) is 5.27. The molecular weight excluding hydrogens is 252 g/mol. The molecule has 1 saturated carbocycles. The number of halogens is 1. The summed E-state index contributed by atoms with van der Waals surface area (Å²) in [7, 11) is 0. The lowest BCUT2D eigenvalue weighted by Gasteiger charge is -2.25. The monoisotopic (exact) mass is 272 g/mol. The van der Waals surface area contributed by atoms with Crippen molar-refractivity contribution < 1.29 is 9.84 Å². The zero-order valence-electron chi connectivity index (χ0n) is 11.0. The van der Waals surface area contributed by atoms with E-state index in [-0.39, 0.29) is 12.2 Å². The van der Waals surface area contributed by atoms with E-state index >= 15 is 0 Å². The van der Waals surface area contributed by atoms with E-state index in [0.717, 1.165) is 43.6 Å². The molecular formula is C13H21ClN2O2. The van der Waals surface area contributed by atoms with Gasteiger partial charge in [-0.2, -0.15) is 5.10 Å². The molecule has 1 heterocycles. The first-order chi connectivity index (χ1) is 8.61. The fourth-order valence-corrected chi connectivity index (χ4v) is 2.61. The van der Waals surface area contributed by atoms with Gasteiger partial charge >= 0.3 is 0 Å². The smallest absolute Gasteiger partial charge is 0.0903 e. The first-order valence-electron chi connectivity index (χ1n) is 6.63. The van der Waals surface area contributed by atoms with Gasteiger partial charge < -0.3 is 9.84 Å². The molecule has 2 rings (SSSR count). The minimum atomic E-state index is -0.142. The molecule has 1 aromatic rings. The molecule has 0 aliphatic heterocycles. The number of hydrogen-bond donors (Lipinski definition) is 1. The SMILES string of the molecule is CCn1nc(C)c(Cl)c1COC1CCC(O)CC1. The standard InChI is InChI=1S/C13H21ClN2O2/c1-3-16-12(13(14)9(2)15-16)8-18-11-6-4-10(17)5-7-11/h10-11,17H,3-8H2,1-2H3. The minimum Gasteiger partial charge on any atom is -0.393 e. The Morgan fingerprint density at radius 1 is 1.39 bits per heavy atom. The molecule has 0 amide bonds. The highest BCUT2D eigenvalue weighted by atomic mass is 35.5. The van der Waals surface area contributed by atoms with Crippen LogP contribution < -0.4 is 0 Å². The maximum atomic E-state index is 9.45. The van der Waals surface area contributed by atoms with Gasteiger partial charge in [-0.15, -0.1) is 0 Å². The molecule has 0 aromatic carbocycles. The van der Waals surface area contributed by atoms with Gasteiger partial charge in [0.25, 0.3) is 0 Å². The van der Waals surface area contributed by atoms with Crippen LogP contribution in [0.25, 0.3) is 0 Å². The fraction of sp³-hybridized carbons (Fsp3) is 0.769. The number of ether oxygens (including phenoxy) is 1. The van der Waals surface area contributed by atoms with E-state index in [2.05, 4.69) is 5.10 Å². The molecule has 0 bridgehead atoms. The largest absolute Gasteiger partial charge is 0.393 e. The van der Waals surface area contributed by atoms with Gasteiger partial charge in [0.05, 0.1) is 35.2 Å². The molecule has 1 N–H and O–H groups in total. The predicted octanol–water partition coefficient (Wildman–Crippen LogP) is 2.68. The van der Waals surface area contributed by atoms with E-state index in [4.69, 9.17) is 16.3 Å². The third kappa shape index (κ3) is 3.05. The molecule has 0 radical (unpaired) electrons. The summed E-state index contributed by atoms with van der Waals surface area (Å²) in [6.07, 6.45) is 3.63. The average molecular weight is 273 g/mol. The zero-order valence-corrected chi connectivity index (χ0v) is 11.8. The van der Waals surface area contributed by atoms with Crippen LogP contribution in [0.15, 0.2) is 0 Å². The summed E-state index contributed by atoms with van der Waals surface area (Å²) in [4.78, 5) is 0. The van der Waals surface area contributed by atoms with Crippen LogP contribution >= 0.6 is 11.6 Å². The van der Waals surface area contributed by atoms with Crippen LogP contribution in [0.1, 0.15) is 44.0 Å². The number of aromatic nitrogens is 2. The van der Waals surface area contributed by atoms with Gasteiger partial charge in [0.2, 0.25) is 0 Å². The molecule has 1 aliphatic rings. The van der Waals surface area contributed by atoms with Crippen molar-refractivity contribution in [1.29, 1.82) is 0 Å². The van der Waals surface area contributed by atoms with Gasteiger partial charge in [0, 0.05) is 6.54 Å². The summed E-state index contributed by atoms with van der Waals surface area (Å²) >= 11 is 6.23. The van der Waals surface area contributed by atoms with Crippen molar-refractivity contribution in [3.63, 3.8) is 0 Å². The Balaban J connectivity index is 1.93. The summed E-state index contributed by atoms with van der Waals surface area (Å²) in [5, 5.41) is 14.5. The lowest BCUT2D eigenvalue weighted by atomic mass is 9.95. The number of aryl methyl sites for hydroxylation is 2. The van der Waals surface area contributed by atoms with Crippen molar-refractivity contribution in [2.75, 3.05) is 0 Å². The molecule has 1 aromatic heterocycles. The normalized spacial score (nSPS) is 24.4. The summed E-state index contributed by atoms with van der Waals surface area (Å²) in [6, 6.07) is 0. The Morgan fingerprint density at radius 3 is 2.67 bits per heavy atom. The van der Waals surface area contributed by atoms with Crippen molar-refractivity contribution in [1.82, 2.24) is 9.78 Å². The van der Waals surface area contributed by atoms with Crippen molar-refractivity contribution in [2.45, 2.75) is 64.9 Å². The topological polar surface area (TPSA) is 47.3 Å². The van der Waals surface area contributed by atoms with E-state index in [9.17, 15) is 5.11 Å². The summed E-state index contributed by atoms with van der Waals surface area (Å²) in [5.74, 6) is 0. The van der Waals surface area contributed by atoms with E-state index in [1.165, 1.54) is 0 Å². The fourth-order valence-electron chi connectivity index (χ4n) is 2.42. The zero-order chi connectivity index (χ0) is 13.1. The first-order valence-corrected chi connectivity index (χ1v) is 7.01. The molecule has 102 valence electrons. The second-order valence-electron chi connectivity index (χ2n) is 4.90. The van der Waals surface area contributed by atoms with Crippen LogP contribution in [-0.4, -0.2) is 27.1 Å². The molecule has 5 heteroatoms. The van der Waals surface area contributed by atoms with Crippen LogP contribution in [0, 0.1) is 6.92 Å². The third-order valence-corrected chi connectivity index (χ3v) is 4.04. The van der Waals surface area contributed by atoms with Crippen molar-refractivity contribution in [3.8, 4) is 0 Å². The van der Waals surface area contributed by atoms with E-state index in [1.54, 1.807) is 0 Å². The maximum Gasteiger partial charge on any atom is 0.0903 e. The summed E-state index contributed by atoms with van der Waals surface area (Å²) < 4.78 is 7.80. The summed E-state index contributed by atoms with van der Waals surface area (Å²) in [5.41, 5.74) is 1.82. The van der Waals surface area contributed by atoms with E-state index in [1.807, 2.05) is 18.5 Å². The number of aliphatic hydroxyl groups excluding tert-OH is 1. The van der Waals surface area contributed by atoms with Gasteiger partial charge in [-0.1, -0.05) is 11.6 Å². The Labute approximate surface area is 113 Å². The van der Waals surface area contributed by atoms with Gasteiger partial charge in [-0.25, -0.2) is 0 Å². The molecule has 0 spiro atoms. The Kier molecular flexibility index (Phi) is 4.65. The van der Waals surface area contributed by atoms with Crippen LogP contribution in [0.4, 0.5) is 0 Å². The number of aliphatic hydroxyl groups is 1. The van der Waals surface area contributed by atoms with Gasteiger partial charge in [0.1, 0.15) is 0 Å². The van der Waals surface area contributed by atoms with E-state index < -0.39 is 0 Å². The second-order valence-corrected chi connectivity index (χ2v) is 5.28. The highest BCUT2D eigenvalue weighted by Gasteiger charge is 2.21. The third-order valence-electron chi connectivity index (χ3n) is 3.55. The highest BCUT2D eigenvalue weighted by molar-refractivity contribution is 6.31. The number of hydrogen-bond acceptors (Lipinski definition) is 3. The van der Waals surface area contributed by atoms with Crippen LogP contribution in [0.5, 0.6) is 0 Å². The minimum absolute atomic E-state index is 0.142. The quantitative estimate of drug-likeness (QED) is 0.917. The molecule has 1 aliphatic carbocycles. The molecule has 0 saturated heterocycles. The van der Waals surface area contributed by atoms with Crippen LogP contribution in [0.2, 0.25) is 5.02 Å².